The van der Waals surface area contributed by atoms with Crippen molar-refractivity contribution in [3.63, 3.8) is 0 Å². The zero-order chi connectivity index (χ0) is 22.6. The monoisotopic (exact) mass is 465 g/mol. The number of esters is 1. The van der Waals surface area contributed by atoms with E-state index < -0.39 is 5.97 Å². The molecule has 8 heteroatoms. The predicted octanol–water partition coefficient (Wildman–Crippen LogP) is 4.06. The fraction of sp³-hybridized carbons (Fsp3) is 0.280. The van der Waals surface area contributed by atoms with Crippen molar-refractivity contribution in [3.8, 4) is 22.6 Å². The Morgan fingerprint density at radius 2 is 1.67 bits per heavy atom. The molecule has 33 heavy (non-hydrogen) atoms. The van der Waals surface area contributed by atoms with Gasteiger partial charge in [0.25, 0.3) is 0 Å². The summed E-state index contributed by atoms with van der Waals surface area (Å²) in [5.74, 6) is 0.327. The van der Waals surface area contributed by atoms with E-state index >= 15 is 0 Å². The number of nitrogens with zero attached hydrogens (tertiary/aromatic N) is 1. The zero-order valence-electron chi connectivity index (χ0n) is 18.0. The first-order valence-electron chi connectivity index (χ1n) is 10.8. The van der Waals surface area contributed by atoms with E-state index in [1.54, 1.807) is 18.2 Å². The number of benzene rings is 2. The summed E-state index contributed by atoms with van der Waals surface area (Å²) in [6, 6.07) is 16.8. The van der Waals surface area contributed by atoms with Gasteiger partial charge >= 0.3 is 5.97 Å². The second-order valence-corrected chi connectivity index (χ2v) is 8.68. The van der Waals surface area contributed by atoms with Gasteiger partial charge in [0, 0.05) is 24.2 Å². The van der Waals surface area contributed by atoms with Crippen molar-refractivity contribution in [1.29, 1.82) is 0 Å². The van der Waals surface area contributed by atoms with Crippen molar-refractivity contribution in [2.45, 2.75) is 0 Å². The number of anilines is 1. The van der Waals surface area contributed by atoms with Crippen LogP contribution < -0.4 is 14.4 Å². The van der Waals surface area contributed by atoms with E-state index in [0.717, 1.165) is 29.2 Å². The minimum absolute atomic E-state index is 0.298. The summed E-state index contributed by atoms with van der Waals surface area (Å²) < 4.78 is 21.9. The fourth-order valence-corrected chi connectivity index (χ4v) is 4.94. The van der Waals surface area contributed by atoms with Crippen LogP contribution in [0.15, 0.2) is 54.6 Å². The largest absolute Gasteiger partial charge is 0.486 e. The Hall–Kier alpha value is -3.36. The molecule has 170 valence electrons. The second kappa shape index (κ2) is 9.64. The number of hydrogen-bond donors (Lipinski definition) is 0. The van der Waals surface area contributed by atoms with Crippen LogP contribution in [0.25, 0.3) is 11.1 Å². The number of thiophene rings is 1. The van der Waals surface area contributed by atoms with Gasteiger partial charge in [-0.3, -0.25) is 4.79 Å². The van der Waals surface area contributed by atoms with Gasteiger partial charge in [-0.05, 0) is 29.8 Å². The van der Waals surface area contributed by atoms with Crippen LogP contribution in [0.1, 0.15) is 20.0 Å². The molecule has 2 aliphatic rings. The highest BCUT2D eigenvalue weighted by Crippen LogP contribution is 2.39. The SMILES string of the molecule is O=C(COC(=O)c1cc(-c2ccccc2)c(N2CCOCC2)s1)c1ccc2c(c1)OCCO2. The Bertz CT molecular complexity index is 1150. The van der Waals surface area contributed by atoms with E-state index in [9.17, 15) is 9.59 Å². The molecule has 3 aromatic rings. The van der Waals surface area contributed by atoms with Gasteiger partial charge in [-0.25, -0.2) is 4.79 Å². The third kappa shape index (κ3) is 4.72. The maximum Gasteiger partial charge on any atom is 0.348 e. The van der Waals surface area contributed by atoms with Crippen molar-refractivity contribution < 1.29 is 28.5 Å². The third-order valence-corrected chi connectivity index (χ3v) is 6.67. The molecule has 2 aromatic carbocycles. The Labute approximate surface area is 195 Å². The van der Waals surface area contributed by atoms with Crippen molar-refractivity contribution in [3.05, 3.63) is 65.0 Å². The quantitative estimate of drug-likeness (QED) is 0.401. The van der Waals surface area contributed by atoms with Gasteiger partial charge in [0.05, 0.1) is 18.2 Å². The smallest absolute Gasteiger partial charge is 0.348 e. The number of carbonyl (C=O) groups excluding carboxylic acids is 2. The number of morpholine rings is 1. The van der Waals surface area contributed by atoms with Crippen LogP contribution in [-0.2, 0) is 9.47 Å². The molecule has 2 aliphatic heterocycles. The molecule has 0 unspecified atom stereocenters. The second-order valence-electron chi connectivity index (χ2n) is 7.65. The van der Waals surface area contributed by atoms with Crippen LogP contribution in [0, 0.1) is 0 Å². The van der Waals surface area contributed by atoms with Crippen molar-refractivity contribution in [1.82, 2.24) is 0 Å². The van der Waals surface area contributed by atoms with Crippen LogP contribution in [0.4, 0.5) is 5.00 Å². The lowest BCUT2D eigenvalue weighted by Crippen LogP contribution is -2.35. The number of Topliss-reactive ketones (excluding diaryl/α,β-unsaturated/α-hetero) is 1. The highest BCUT2D eigenvalue weighted by Gasteiger charge is 2.23. The molecule has 1 aromatic heterocycles. The van der Waals surface area contributed by atoms with E-state index in [-0.39, 0.29) is 12.4 Å². The van der Waals surface area contributed by atoms with Gasteiger partial charge in [-0.1, -0.05) is 30.3 Å². The van der Waals surface area contributed by atoms with E-state index in [0.29, 0.717) is 48.4 Å². The number of ether oxygens (including phenoxy) is 4. The molecule has 0 spiro atoms. The topological polar surface area (TPSA) is 74.3 Å². The normalized spacial score (nSPS) is 15.2. The highest BCUT2D eigenvalue weighted by atomic mass is 32.1. The van der Waals surface area contributed by atoms with Crippen LogP contribution in [0.5, 0.6) is 11.5 Å². The molecular formula is C25H23NO6S. The maximum atomic E-state index is 12.8. The van der Waals surface area contributed by atoms with Gasteiger partial charge in [0.2, 0.25) is 0 Å². The number of carbonyl (C=O) groups is 2. The van der Waals surface area contributed by atoms with Crippen molar-refractivity contribution in [2.24, 2.45) is 0 Å². The summed E-state index contributed by atoms with van der Waals surface area (Å²) in [5.41, 5.74) is 2.42. The molecule has 0 amide bonds. The van der Waals surface area contributed by atoms with Gasteiger partial charge in [0.15, 0.2) is 23.9 Å². The van der Waals surface area contributed by atoms with Crippen LogP contribution in [-0.4, -0.2) is 57.9 Å². The number of rotatable bonds is 6. The molecule has 0 saturated carbocycles. The lowest BCUT2D eigenvalue weighted by atomic mass is 10.1. The van der Waals surface area contributed by atoms with E-state index in [1.165, 1.54) is 11.3 Å². The standard InChI is InChI=1S/C25H23NO6S/c27-20(18-6-7-21-22(14-18)31-13-12-30-21)16-32-25(28)23-15-19(17-4-2-1-3-5-17)24(33-23)26-8-10-29-11-9-26/h1-7,14-15H,8-13,16H2. The first kappa shape index (κ1) is 21.5. The molecule has 0 bridgehead atoms. The first-order valence-corrected chi connectivity index (χ1v) is 11.6. The Balaban J connectivity index is 1.32. The molecule has 0 atom stereocenters. The zero-order valence-corrected chi connectivity index (χ0v) is 18.8. The van der Waals surface area contributed by atoms with E-state index in [2.05, 4.69) is 4.90 Å². The van der Waals surface area contributed by atoms with Crippen LogP contribution in [0.2, 0.25) is 0 Å². The van der Waals surface area contributed by atoms with Crippen LogP contribution in [0.3, 0.4) is 0 Å². The molecule has 1 saturated heterocycles. The van der Waals surface area contributed by atoms with Crippen molar-refractivity contribution >= 4 is 28.1 Å². The lowest BCUT2D eigenvalue weighted by Gasteiger charge is -2.28. The summed E-state index contributed by atoms with van der Waals surface area (Å²) in [7, 11) is 0. The Kier molecular flexibility index (Phi) is 6.28. The van der Waals surface area contributed by atoms with Gasteiger partial charge in [-0.15, -0.1) is 11.3 Å². The molecule has 3 heterocycles. The highest BCUT2D eigenvalue weighted by molar-refractivity contribution is 7.18. The number of fused-ring (bicyclic) bond motifs is 1. The van der Waals surface area contributed by atoms with Gasteiger partial charge in [-0.2, -0.15) is 0 Å². The fourth-order valence-electron chi connectivity index (χ4n) is 3.81. The minimum Gasteiger partial charge on any atom is -0.486 e. The Morgan fingerprint density at radius 3 is 2.45 bits per heavy atom. The summed E-state index contributed by atoms with van der Waals surface area (Å²) in [5, 5.41) is 1.01. The molecule has 0 aliphatic carbocycles. The first-order chi connectivity index (χ1) is 16.2. The average Bonchev–Trinajstić information content (AvgIpc) is 3.33. The molecular weight excluding hydrogens is 442 g/mol. The number of ketones is 1. The summed E-state index contributed by atoms with van der Waals surface area (Å²) in [6.07, 6.45) is 0. The lowest BCUT2D eigenvalue weighted by molar-refractivity contribution is 0.0479. The summed E-state index contributed by atoms with van der Waals surface area (Å²) in [4.78, 5) is 28.1. The molecule has 0 radical (unpaired) electrons. The van der Waals surface area contributed by atoms with E-state index in [1.807, 2.05) is 36.4 Å². The third-order valence-electron chi connectivity index (χ3n) is 5.50. The maximum absolute atomic E-state index is 12.8. The summed E-state index contributed by atoms with van der Waals surface area (Å²) >= 11 is 1.38. The molecule has 0 N–H and O–H groups in total. The van der Waals surface area contributed by atoms with Crippen LogP contribution >= 0.6 is 11.3 Å². The minimum atomic E-state index is -0.511. The molecule has 1 fully saturated rings. The van der Waals surface area contributed by atoms with Gasteiger partial charge < -0.3 is 23.8 Å². The average molecular weight is 466 g/mol. The summed E-state index contributed by atoms with van der Waals surface area (Å²) in [6.45, 7) is 3.40. The van der Waals surface area contributed by atoms with E-state index in [4.69, 9.17) is 18.9 Å². The molecule has 7 nitrogen and oxygen atoms in total. The predicted molar refractivity (Wildman–Crippen MR) is 125 cm³/mol. The Morgan fingerprint density at radius 1 is 0.909 bits per heavy atom. The van der Waals surface area contributed by atoms with Crippen molar-refractivity contribution in [2.75, 3.05) is 51.0 Å². The number of hydrogen-bond acceptors (Lipinski definition) is 8. The van der Waals surface area contributed by atoms with Gasteiger partial charge in [0.1, 0.15) is 18.1 Å². The molecule has 5 rings (SSSR count).